The molecule has 0 aliphatic rings. The second-order valence-corrected chi connectivity index (χ2v) is 7.33. The molecule has 2 heterocycles. The third-order valence-corrected chi connectivity index (χ3v) is 4.99. The Morgan fingerprint density at radius 2 is 2.10 bits per heavy atom. The Hall–Kier alpha value is -3.46. The average Bonchev–Trinajstić information content (AvgIpc) is 3.14. The van der Waals surface area contributed by atoms with Gasteiger partial charge in [0, 0.05) is 30.2 Å². The van der Waals surface area contributed by atoms with Crippen LogP contribution in [0.2, 0.25) is 0 Å². The predicted molar refractivity (Wildman–Crippen MR) is 119 cm³/mol. The molecule has 3 rings (SSSR count). The normalized spacial score (nSPS) is 10.8. The summed E-state index contributed by atoms with van der Waals surface area (Å²) in [4.78, 5) is 16.1. The number of anilines is 1. The zero-order valence-corrected chi connectivity index (χ0v) is 17.5. The number of hydrogen-bond acceptors (Lipinski definition) is 7. The van der Waals surface area contributed by atoms with Crippen molar-refractivity contribution in [2.24, 2.45) is 5.10 Å². The van der Waals surface area contributed by atoms with E-state index < -0.39 is 0 Å². The third kappa shape index (κ3) is 6.28. The Morgan fingerprint density at radius 3 is 2.83 bits per heavy atom. The van der Waals surface area contributed by atoms with E-state index in [4.69, 9.17) is 0 Å². The fourth-order valence-corrected chi connectivity index (χ4v) is 3.27. The van der Waals surface area contributed by atoms with E-state index in [1.165, 1.54) is 17.3 Å². The average molecular weight is 422 g/mol. The van der Waals surface area contributed by atoms with Crippen LogP contribution in [0.25, 0.3) is 0 Å². The Morgan fingerprint density at radius 1 is 1.27 bits per heavy atom. The number of nitrogens with one attached hydrogen (secondary N) is 2. The van der Waals surface area contributed by atoms with E-state index in [0.29, 0.717) is 18.2 Å². The number of benzene rings is 1. The minimum atomic E-state index is -0.229. The number of aromatic nitrogens is 4. The van der Waals surface area contributed by atoms with Gasteiger partial charge in [0.1, 0.15) is 0 Å². The van der Waals surface area contributed by atoms with Crippen LogP contribution in [0, 0.1) is 6.92 Å². The molecule has 0 radical (unpaired) electrons. The maximum atomic E-state index is 12.1. The summed E-state index contributed by atoms with van der Waals surface area (Å²) in [6.07, 6.45) is 6.66. The van der Waals surface area contributed by atoms with Crippen molar-refractivity contribution < 1.29 is 4.79 Å². The van der Waals surface area contributed by atoms with Crippen molar-refractivity contribution in [3.05, 3.63) is 78.4 Å². The molecule has 2 N–H and O–H groups in total. The third-order valence-electron chi connectivity index (χ3n) is 4.03. The van der Waals surface area contributed by atoms with Crippen molar-refractivity contribution in [3.63, 3.8) is 0 Å². The summed E-state index contributed by atoms with van der Waals surface area (Å²) in [5.41, 5.74) is 5.52. The lowest BCUT2D eigenvalue weighted by molar-refractivity contribution is -0.118. The van der Waals surface area contributed by atoms with E-state index in [9.17, 15) is 4.79 Å². The van der Waals surface area contributed by atoms with Crippen LogP contribution < -0.4 is 10.7 Å². The quantitative estimate of drug-likeness (QED) is 0.226. The van der Waals surface area contributed by atoms with Gasteiger partial charge in [0.05, 0.1) is 18.5 Å². The maximum absolute atomic E-state index is 12.1. The van der Waals surface area contributed by atoms with Gasteiger partial charge in [-0.25, -0.2) is 5.43 Å². The van der Waals surface area contributed by atoms with Crippen molar-refractivity contribution in [2.45, 2.75) is 25.2 Å². The van der Waals surface area contributed by atoms with Crippen LogP contribution in [-0.4, -0.2) is 37.6 Å². The van der Waals surface area contributed by atoms with E-state index in [-0.39, 0.29) is 11.7 Å². The van der Waals surface area contributed by atoms with Crippen molar-refractivity contribution in [1.82, 2.24) is 25.2 Å². The number of aryl methyl sites for hydroxylation is 1. The van der Waals surface area contributed by atoms with E-state index in [1.54, 1.807) is 30.8 Å². The molecule has 0 unspecified atom stereocenters. The highest BCUT2D eigenvalue weighted by Gasteiger charge is 2.13. The van der Waals surface area contributed by atoms with Crippen molar-refractivity contribution in [2.75, 3.05) is 11.1 Å². The zero-order chi connectivity index (χ0) is 21.2. The zero-order valence-electron chi connectivity index (χ0n) is 16.7. The Bertz CT molecular complexity index is 1000. The Kier molecular flexibility index (Phi) is 7.73. The molecule has 3 aromatic rings. The molecule has 0 aliphatic carbocycles. The van der Waals surface area contributed by atoms with Gasteiger partial charge >= 0.3 is 0 Å². The number of thioether (sulfide) groups is 1. The van der Waals surface area contributed by atoms with Crippen LogP contribution in [-0.2, 0) is 17.9 Å². The molecule has 0 bridgehead atoms. The molecular formula is C21H23N7OS. The second-order valence-electron chi connectivity index (χ2n) is 6.39. The minimum Gasteiger partial charge on any atom is -0.378 e. The molecule has 8 nitrogen and oxygen atoms in total. The second kappa shape index (κ2) is 10.9. The van der Waals surface area contributed by atoms with Crippen LogP contribution in [0.1, 0.15) is 17.0 Å². The molecular weight excluding hydrogens is 398 g/mol. The topological polar surface area (TPSA) is 97.1 Å². The molecule has 0 fully saturated rings. The first kappa shape index (κ1) is 21.3. The molecule has 1 amide bonds. The molecule has 0 saturated carbocycles. The molecule has 154 valence electrons. The molecule has 30 heavy (non-hydrogen) atoms. The summed E-state index contributed by atoms with van der Waals surface area (Å²) in [7, 11) is 0. The number of allylic oxidation sites excluding steroid dienone is 1. The van der Waals surface area contributed by atoms with Crippen LogP contribution in [0.15, 0.2) is 71.7 Å². The fraction of sp³-hybridized carbons (Fsp3) is 0.190. The van der Waals surface area contributed by atoms with Crippen molar-refractivity contribution in [3.8, 4) is 0 Å². The first-order valence-corrected chi connectivity index (χ1v) is 10.3. The fourth-order valence-electron chi connectivity index (χ4n) is 2.52. The van der Waals surface area contributed by atoms with Gasteiger partial charge in [-0.05, 0) is 25.1 Å². The van der Waals surface area contributed by atoms with E-state index >= 15 is 0 Å². The number of hydrazone groups is 1. The van der Waals surface area contributed by atoms with Gasteiger partial charge in [-0.15, -0.1) is 16.8 Å². The van der Waals surface area contributed by atoms with Gasteiger partial charge < -0.3 is 9.88 Å². The van der Waals surface area contributed by atoms with Crippen LogP contribution >= 0.6 is 11.8 Å². The van der Waals surface area contributed by atoms with Gasteiger partial charge in [0.2, 0.25) is 0 Å². The smallest absolute Gasteiger partial charge is 0.250 e. The highest BCUT2D eigenvalue weighted by molar-refractivity contribution is 7.99. The van der Waals surface area contributed by atoms with Gasteiger partial charge in [-0.2, -0.15) is 5.10 Å². The first-order valence-electron chi connectivity index (χ1n) is 9.34. The SMILES string of the molecule is C=CCn1c(CNc2ccc(C)cc2)nnc1SCC(=O)N/N=C\c1cccnc1. The Labute approximate surface area is 179 Å². The van der Waals surface area contributed by atoms with Crippen molar-refractivity contribution >= 4 is 29.6 Å². The largest absolute Gasteiger partial charge is 0.378 e. The number of carbonyl (C=O) groups is 1. The van der Waals surface area contributed by atoms with E-state index in [2.05, 4.69) is 37.6 Å². The lowest BCUT2D eigenvalue weighted by Gasteiger charge is -2.09. The van der Waals surface area contributed by atoms with Crippen LogP contribution in [0.3, 0.4) is 0 Å². The van der Waals surface area contributed by atoms with Crippen LogP contribution in [0.4, 0.5) is 5.69 Å². The van der Waals surface area contributed by atoms with Crippen LogP contribution in [0.5, 0.6) is 0 Å². The van der Waals surface area contributed by atoms with Gasteiger partial charge in [-0.1, -0.05) is 41.6 Å². The van der Waals surface area contributed by atoms with Gasteiger partial charge in [0.15, 0.2) is 11.0 Å². The molecule has 0 saturated heterocycles. The standard InChI is InChI=1S/C21H23N7OS/c1-3-11-28-19(14-23-18-8-6-16(2)7-9-18)25-27-21(28)30-15-20(29)26-24-13-17-5-4-10-22-12-17/h3-10,12-13,23H,1,11,14-15H2,2H3,(H,26,29)/b24-13-. The summed E-state index contributed by atoms with van der Waals surface area (Å²) in [6, 6.07) is 11.8. The maximum Gasteiger partial charge on any atom is 0.250 e. The number of hydrogen-bond donors (Lipinski definition) is 2. The minimum absolute atomic E-state index is 0.172. The van der Waals surface area contributed by atoms with Gasteiger partial charge in [0.25, 0.3) is 5.91 Å². The highest BCUT2D eigenvalue weighted by atomic mass is 32.2. The monoisotopic (exact) mass is 421 g/mol. The summed E-state index contributed by atoms with van der Waals surface area (Å²) >= 11 is 1.30. The molecule has 1 aromatic carbocycles. The summed E-state index contributed by atoms with van der Waals surface area (Å²) in [6.45, 7) is 6.93. The number of nitrogens with zero attached hydrogens (tertiary/aromatic N) is 5. The molecule has 2 aromatic heterocycles. The number of amides is 1. The molecule has 0 atom stereocenters. The van der Waals surface area contributed by atoms with Gasteiger partial charge in [-0.3, -0.25) is 9.78 Å². The molecule has 9 heteroatoms. The number of pyridine rings is 1. The van der Waals surface area contributed by atoms with Crippen molar-refractivity contribution in [1.29, 1.82) is 0 Å². The predicted octanol–water partition coefficient (Wildman–Crippen LogP) is 3.02. The molecule has 0 aliphatic heterocycles. The van der Waals surface area contributed by atoms with E-state index in [0.717, 1.165) is 17.1 Å². The molecule has 0 spiro atoms. The van der Waals surface area contributed by atoms with E-state index in [1.807, 2.05) is 41.8 Å². The summed E-state index contributed by atoms with van der Waals surface area (Å²) < 4.78 is 1.94. The number of rotatable bonds is 10. The summed E-state index contributed by atoms with van der Waals surface area (Å²) in [5, 5.41) is 16.4. The first-order chi connectivity index (χ1) is 14.7. The Balaban J connectivity index is 1.54. The summed E-state index contributed by atoms with van der Waals surface area (Å²) in [5.74, 6) is 0.714. The lowest BCUT2D eigenvalue weighted by atomic mass is 10.2. The lowest BCUT2D eigenvalue weighted by Crippen LogP contribution is -2.20. The highest BCUT2D eigenvalue weighted by Crippen LogP contribution is 2.18. The number of carbonyl (C=O) groups excluding carboxylic acids is 1.